The fourth-order valence-electron chi connectivity index (χ4n) is 3.46. The van der Waals surface area contributed by atoms with Gasteiger partial charge in [0, 0.05) is 16.3 Å². The molecule has 0 saturated carbocycles. The zero-order valence-electron chi connectivity index (χ0n) is 20.6. The number of aryl methyl sites for hydroxylation is 1. The zero-order valence-corrected chi connectivity index (χ0v) is 22.2. The Labute approximate surface area is 224 Å². The number of carbonyl (C=O) groups excluding carboxylic acids is 1. The highest BCUT2D eigenvalue weighted by molar-refractivity contribution is 7.99. The molecule has 1 aromatic heterocycles. The zero-order chi connectivity index (χ0) is 26.2. The van der Waals surface area contributed by atoms with Gasteiger partial charge in [0.1, 0.15) is 0 Å². The van der Waals surface area contributed by atoms with Gasteiger partial charge in [-0.05, 0) is 61.9 Å². The number of nitrogens with one attached hydrogen (secondary N) is 1. The van der Waals surface area contributed by atoms with Gasteiger partial charge in [0.05, 0.1) is 25.7 Å². The van der Waals surface area contributed by atoms with Gasteiger partial charge in [-0.1, -0.05) is 53.2 Å². The molecule has 4 rings (SSSR count). The second kappa shape index (κ2) is 12.4. The molecule has 190 valence electrons. The highest BCUT2D eigenvalue weighted by Gasteiger charge is 2.17. The number of ether oxygens (including phenoxy) is 2. The molecule has 0 aliphatic rings. The van der Waals surface area contributed by atoms with E-state index in [0.29, 0.717) is 34.1 Å². The highest BCUT2D eigenvalue weighted by Crippen LogP contribution is 2.29. The number of methoxy groups -OCH3 is 1. The lowest BCUT2D eigenvalue weighted by molar-refractivity contribution is -0.118. The van der Waals surface area contributed by atoms with E-state index in [1.165, 1.54) is 11.8 Å². The standard InChI is InChI=1S/C27H26ClN5O3S/c1-4-36-23-14-7-19(15-24(23)35-3)16-29-30-25(34)17-37-27-32-31-26(20-8-5-18(2)6-9-20)33(27)22-12-10-21(28)11-13-22/h5-16H,4,17H2,1-3H3,(H,30,34)/b29-16-. The second-order valence-electron chi connectivity index (χ2n) is 7.91. The average molecular weight is 536 g/mol. The van der Waals surface area contributed by atoms with Gasteiger partial charge in [0.15, 0.2) is 22.5 Å². The second-order valence-corrected chi connectivity index (χ2v) is 9.29. The first kappa shape index (κ1) is 26.2. The van der Waals surface area contributed by atoms with E-state index in [2.05, 4.69) is 20.7 Å². The third kappa shape index (κ3) is 6.69. The smallest absolute Gasteiger partial charge is 0.250 e. The van der Waals surface area contributed by atoms with E-state index in [-0.39, 0.29) is 11.7 Å². The van der Waals surface area contributed by atoms with Gasteiger partial charge in [0.25, 0.3) is 5.91 Å². The minimum atomic E-state index is -0.276. The van der Waals surface area contributed by atoms with Crippen LogP contribution in [0.1, 0.15) is 18.1 Å². The van der Waals surface area contributed by atoms with Crippen LogP contribution in [0.3, 0.4) is 0 Å². The van der Waals surface area contributed by atoms with Gasteiger partial charge in [-0.2, -0.15) is 5.10 Å². The maximum Gasteiger partial charge on any atom is 0.250 e. The summed E-state index contributed by atoms with van der Waals surface area (Å²) in [6.07, 6.45) is 1.55. The van der Waals surface area contributed by atoms with Crippen molar-refractivity contribution in [2.75, 3.05) is 19.5 Å². The largest absolute Gasteiger partial charge is 0.493 e. The van der Waals surface area contributed by atoms with Crippen molar-refractivity contribution in [3.8, 4) is 28.6 Å². The van der Waals surface area contributed by atoms with E-state index in [1.807, 2.05) is 73.0 Å². The van der Waals surface area contributed by atoms with Crippen LogP contribution in [0.15, 0.2) is 77.0 Å². The summed E-state index contributed by atoms with van der Waals surface area (Å²) in [7, 11) is 1.57. The quantitative estimate of drug-likeness (QED) is 0.163. The van der Waals surface area contributed by atoms with Crippen molar-refractivity contribution in [2.45, 2.75) is 19.0 Å². The van der Waals surface area contributed by atoms with Gasteiger partial charge in [-0.3, -0.25) is 9.36 Å². The third-order valence-electron chi connectivity index (χ3n) is 5.25. The van der Waals surface area contributed by atoms with Crippen molar-refractivity contribution in [1.29, 1.82) is 0 Å². The van der Waals surface area contributed by atoms with Crippen molar-refractivity contribution in [1.82, 2.24) is 20.2 Å². The number of carbonyl (C=O) groups is 1. The molecule has 0 aliphatic heterocycles. The van der Waals surface area contributed by atoms with E-state index in [4.69, 9.17) is 21.1 Å². The van der Waals surface area contributed by atoms with Crippen LogP contribution < -0.4 is 14.9 Å². The molecule has 1 N–H and O–H groups in total. The minimum absolute atomic E-state index is 0.101. The summed E-state index contributed by atoms with van der Waals surface area (Å²) in [6, 6.07) is 20.9. The molecule has 0 bridgehead atoms. The molecule has 0 atom stereocenters. The van der Waals surface area contributed by atoms with Crippen molar-refractivity contribution >= 4 is 35.5 Å². The molecule has 0 spiro atoms. The van der Waals surface area contributed by atoms with Gasteiger partial charge < -0.3 is 9.47 Å². The number of hydrogen-bond acceptors (Lipinski definition) is 7. The first-order chi connectivity index (χ1) is 18.0. The van der Waals surface area contributed by atoms with E-state index in [1.54, 1.807) is 25.5 Å². The Hall–Kier alpha value is -3.82. The lowest BCUT2D eigenvalue weighted by Gasteiger charge is -2.10. The molecule has 37 heavy (non-hydrogen) atoms. The third-order valence-corrected chi connectivity index (χ3v) is 6.43. The van der Waals surface area contributed by atoms with Crippen LogP contribution in [0.25, 0.3) is 17.1 Å². The van der Waals surface area contributed by atoms with E-state index < -0.39 is 0 Å². The summed E-state index contributed by atoms with van der Waals surface area (Å²) in [5, 5.41) is 14.0. The molecule has 0 unspecified atom stereocenters. The molecule has 8 nitrogen and oxygen atoms in total. The van der Waals surface area contributed by atoms with E-state index >= 15 is 0 Å². The molecule has 10 heteroatoms. The Bertz CT molecular complexity index is 1390. The summed E-state index contributed by atoms with van der Waals surface area (Å²) >= 11 is 7.36. The number of halogens is 1. The van der Waals surface area contributed by atoms with Crippen LogP contribution in [0.5, 0.6) is 11.5 Å². The van der Waals surface area contributed by atoms with Crippen LogP contribution >= 0.6 is 23.4 Å². The van der Waals surface area contributed by atoms with Gasteiger partial charge in [0.2, 0.25) is 0 Å². The Morgan fingerprint density at radius 1 is 1.08 bits per heavy atom. The van der Waals surface area contributed by atoms with Gasteiger partial charge in [-0.15, -0.1) is 10.2 Å². The van der Waals surface area contributed by atoms with E-state index in [0.717, 1.165) is 22.4 Å². The van der Waals surface area contributed by atoms with Crippen LogP contribution in [0, 0.1) is 6.92 Å². The SMILES string of the molecule is CCOc1ccc(/C=N\NC(=O)CSc2nnc(-c3ccc(C)cc3)n2-c2ccc(Cl)cc2)cc1OC. The van der Waals surface area contributed by atoms with Crippen molar-refractivity contribution in [2.24, 2.45) is 5.10 Å². The number of benzene rings is 3. The number of nitrogens with zero attached hydrogens (tertiary/aromatic N) is 4. The predicted molar refractivity (Wildman–Crippen MR) is 147 cm³/mol. The van der Waals surface area contributed by atoms with Crippen molar-refractivity contribution < 1.29 is 14.3 Å². The molecular weight excluding hydrogens is 510 g/mol. The Kier molecular flexibility index (Phi) is 8.81. The fraction of sp³-hybridized carbons (Fsp3) is 0.185. The Morgan fingerprint density at radius 2 is 1.84 bits per heavy atom. The molecule has 0 saturated heterocycles. The summed E-state index contributed by atoms with van der Waals surface area (Å²) < 4.78 is 12.8. The van der Waals surface area contributed by atoms with Crippen molar-refractivity contribution in [3.05, 3.63) is 82.9 Å². The first-order valence-corrected chi connectivity index (χ1v) is 12.9. The molecule has 3 aromatic carbocycles. The fourth-order valence-corrected chi connectivity index (χ4v) is 4.33. The summed E-state index contributed by atoms with van der Waals surface area (Å²) in [4.78, 5) is 12.5. The highest BCUT2D eigenvalue weighted by atomic mass is 35.5. The topological polar surface area (TPSA) is 90.6 Å². The summed E-state index contributed by atoms with van der Waals surface area (Å²) in [6.45, 7) is 4.47. The number of hydrogen-bond donors (Lipinski definition) is 1. The lowest BCUT2D eigenvalue weighted by atomic mass is 10.1. The van der Waals surface area contributed by atoms with Crippen LogP contribution in [-0.2, 0) is 4.79 Å². The predicted octanol–water partition coefficient (Wildman–Crippen LogP) is 5.55. The maximum atomic E-state index is 12.5. The number of hydrazone groups is 1. The van der Waals surface area contributed by atoms with Crippen LogP contribution in [0.4, 0.5) is 0 Å². The number of thioether (sulfide) groups is 1. The van der Waals surface area contributed by atoms with Gasteiger partial charge in [-0.25, -0.2) is 5.43 Å². The average Bonchev–Trinajstić information content (AvgIpc) is 3.33. The summed E-state index contributed by atoms with van der Waals surface area (Å²) in [5.74, 6) is 1.74. The molecule has 0 fully saturated rings. The Balaban J connectivity index is 1.46. The first-order valence-electron chi connectivity index (χ1n) is 11.5. The van der Waals surface area contributed by atoms with Crippen LogP contribution in [0.2, 0.25) is 5.02 Å². The van der Waals surface area contributed by atoms with E-state index in [9.17, 15) is 4.79 Å². The molecule has 1 heterocycles. The van der Waals surface area contributed by atoms with Crippen LogP contribution in [-0.4, -0.2) is 46.4 Å². The molecule has 0 radical (unpaired) electrons. The lowest BCUT2D eigenvalue weighted by Crippen LogP contribution is -2.20. The number of amides is 1. The number of rotatable bonds is 10. The number of aromatic nitrogens is 3. The maximum absolute atomic E-state index is 12.5. The molecule has 1 amide bonds. The molecular formula is C27H26ClN5O3S. The monoisotopic (exact) mass is 535 g/mol. The van der Waals surface area contributed by atoms with Gasteiger partial charge >= 0.3 is 0 Å². The Morgan fingerprint density at radius 3 is 2.54 bits per heavy atom. The molecule has 0 aliphatic carbocycles. The minimum Gasteiger partial charge on any atom is -0.493 e. The molecule has 4 aromatic rings. The van der Waals surface area contributed by atoms with Crippen molar-refractivity contribution in [3.63, 3.8) is 0 Å². The normalized spacial score (nSPS) is 11.0. The summed E-state index contributed by atoms with van der Waals surface area (Å²) in [5.41, 5.74) is 6.22.